The second kappa shape index (κ2) is 5.09. The van der Waals surface area contributed by atoms with E-state index in [2.05, 4.69) is 31.0 Å². The van der Waals surface area contributed by atoms with Crippen molar-refractivity contribution in [3.05, 3.63) is 46.1 Å². The third kappa shape index (κ3) is 2.21. The topological polar surface area (TPSA) is 69.5 Å². The molecule has 0 spiro atoms. The van der Waals surface area contributed by atoms with Crippen LogP contribution in [-0.2, 0) is 6.42 Å². The number of aromatic amines is 1. The molecule has 1 amide bonds. The number of carbonyl (C=O) groups is 1. The number of H-pyrrole nitrogens is 1. The molecule has 7 nitrogen and oxygen atoms in total. The van der Waals surface area contributed by atoms with Gasteiger partial charge >= 0.3 is 0 Å². The Bertz CT molecular complexity index is 914. The van der Waals surface area contributed by atoms with Crippen LogP contribution in [0.2, 0.25) is 0 Å². The fraction of sp³-hybridized carbons (Fsp3) is 0.267. The van der Waals surface area contributed by atoms with E-state index in [0.29, 0.717) is 17.9 Å². The number of hydrogen-bond donors (Lipinski definition) is 1. The lowest BCUT2D eigenvalue weighted by atomic mass is 10.1. The van der Waals surface area contributed by atoms with Crippen molar-refractivity contribution in [3.63, 3.8) is 0 Å². The summed E-state index contributed by atoms with van der Waals surface area (Å²) in [6.45, 7) is 2.65. The third-order valence-electron chi connectivity index (χ3n) is 4.12. The largest absolute Gasteiger partial charge is 0.363 e. The predicted molar refractivity (Wildman–Crippen MR) is 89.4 cm³/mol. The van der Waals surface area contributed by atoms with Gasteiger partial charge in [-0.3, -0.25) is 9.80 Å². The van der Waals surface area contributed by atoms with Crippen molar-refractivity contribution in [3.8, 4) is 0 Å². The molecule has 0 fully saturated rings. The maximum absolute atomic E-state index is 12.9. The number of fused-ring (bicyclic) bond motifs is 2. The lowest BCUT2D eigenvalue weighted by Gasteiger charge is -2.37. The first-order chi connectivity index (χ1) is 11.0. The summed E-state index contributed by atoms with van der Waals surface area (Å²) in [6.07, 6.45) is 6.25. The average molecular weight is 375 g/mol. The Morgan fingerprint density at radius 3 is 3.09 bits per heavy atom. The number of halogens is 1. The maximum atomic E-state index is 12.9. The van der Waals surface area contributed by atoms with E-state index < -0.39 is 0 Å². The quantitative estimate of drug-likeness (QED) is 0.708. The van der Waals surface area contributed by atoms with Crippen LogP contribution >= 0.6 is 15.9 Å². The van der Waals surface area contributed by atoms with Gasteiger partial charge in [0.2, 0.25) is 0 Å². The van der Waals surface area contributed by atoms with Crippen LogP contribution in [0.4, 0.5) is 5.69 Å². The summed E-state index contributed by atoms with van der Waals surface area (Å²) in [7, 11) is 1.90. The normalized spacial score (nSPS) is 14.4. The Kier molecular flexibility index (Phi) is 3.15. The smallest absolute Gasteiger partial charge is 0.292 e. The summed E-state index contributed by atoms with van der Waals surface area (Å²) in [5.41, 5.74) is 4.39. The molecule has 0 aliphatic carbocycles. The molecule has 0 bridgehead atoms. The van der Waals surface area contributed by atoms with Gasteiger partial charge in [0.15, 0.2) is 11.3 Å². The van der Waals surface area contributed by atoms with Gasteiger partial charge in [0, 0.05) is 50.4 Å². The minimum atomic E-state index is -0.125. The third-order valence-corrected chi connectivity index (χ3v) is 4.53. The molecule has 4 heterocycles. The van der Waals surface area contributed by atoms with Crippen molar-refractivity contribution in [1.29, 1.82) is 0 Å². The summed E-state index contributed by atoms with van der Waals surface area (Å²) in [6, 6.07) is 1.71. The summed E-state index contributed by atoms with van der Waals surface area (Å²) in [5.74, 6) is -0.125. The highest BCUT2D eigenvalue weighted by Gasteiger charge is 2.29. The van der Waals surface area contributed by atoms with Gasteiger partial charge in [-0.15, -0.1) is 0 Å². The molecule has 0 aromatic carbocycles. The van der Waals surface area contributed by atoms with E-state index in [0.717, 1.165) is 27.8 Å². The molecule has 1 aliphatic rings. The zero-order valence-corrected chi connectivity index (χ0v) is 14.3. The van der Waals surface area contributed by atoms with Crippen LogP contribution in [0, 0.1) is 6.92 Å². The first-order valence-electron chi connectivity index (χ1n) is 7.28. The van der Waals surface area contributed by atoms with Gasteiger partial charge in [0.05, 0.1) is 10.2 Å². The molecular weight excluding hydrogens is 360 g/mol. The molecule has 0 saturated heterocycles. The summed E-state index contributed by atoms with van der Waals surface area (Å²) in [5, 5.41) is 7.97. The number of aryl methyl sites for hydroxylation is 1. The highest BCUT2D eigenvalue weighted by molar-refractivity contribution is 9.10. The molecule has 23 heavy (non-hydrogen) atoms. The number of nitrogens with one attached hydrogen (secondary N) is 1. The number of hydrogen-bond acceptors (Lipinski definition) is 4. The molecule has 3 aromatic heterocycles. The fourth-order valence-corrected chi connectivity index (χ4v) is 3.32. The van der Waals surface area contributed by atoms with Gasteiger partial charge in [-0.05, 0) is 28.4 Å². The van der Waals surface area contributed by atoms with Gasteiger partial charge in [0.25, 0.3) is 5.91 Å². The number of aromatic nitrogens is 4. The number of rotatable bonds is 1. The maximum Gasteiger partial charge on any atom is 0.292 e. The number of carbonyl (C=O) groups excluding carboxylic acids is 1. The van der Waals surface area contributed by atoms with Crippen molar-refractivity contribution in [1.82, 2.24) is 24.6 Å². The van der Waals surface area contributed by atoms with E-state index in [1.807, 2.05) is 25.2 Å². The second-order valence-electron chi connectivity index (χ2n) is 5.61. The van der Waals surface area contributed by atoms with Crippen molar-refractivity contribution >= 4 is 33.2 Å². The minimum Gasteiger partial charge on any atom is -0.363 e. The van der Waals surface area contributed by atoms with Gasteiger partial charge in [0.1, 0.15) is 0 Å². The zero-order valence-electron chi connectivity index (χ0n) is 12.7. The van der Waals surface area contributed by atoms with Crippen molar-refractivity contribution < 1.29 is 4.79 Å². The molecular formula is C15H15BrN6O. The Morgan fingerprint density at radius 1 is 1.43 bits per heavy atom. The highest BCUT2D eigenvalue weighted by Crippen LogP contribution is 2.30. The predicted octanol–water partition coefficient (Wildman–Crippen LogP) is 2.18. The first kappa shape index (κ1) is 14.3. The molecule has 3 aromatic rings. The number of nitrogens with zero attached hydrogens (tertiary/aromatic N) is 5. The second-order valence-corrected chi connectivity index (χ2v) is 6.52. The van der Waals surface area contributed by atoms with Crippen LogP contribution in [0.25, 0.3) is 5.65 Å². The van der Waals surface area contributed by atoms with Crippen LogP contribution in [-0.4, -0.2) is 44.1 Å². The minimum absolute atomic E-state index is 0.125. The van der Waals surface area contributed by atoms with Gasteiger partial charge < -0.3 is 4.98 Å². The molecule has 4 rings (SSSR count). The molecule has 1 N–H and O–H groups in total. The van der Waals surface area contributed by atoms with Crippen molar-refractivity contribution in [2.24, 2.45) is 0 Å². The summed E-state index contributed by atoms with van der Waals surface area (Å²) < 4.78 is 2.42. The van der Waals surface area contributed by atoms with Crippen LogP contribution in [0.1, 0.15) is 21.7 Å². The lowest BCUT2D eigenvalue weighted by Crippen LogP contribution is -2.48. The van der Waals surface area contributed by atoms with E-state index in [-0.39, 0.29) is 5.91 Å². The Morgan fingerprint density at radius 2 is 2.26 bits per heavy atom. The average Bonchev–Trinajstić information content (AvgIpc) is 3.11. The molecule has 8 heteroatoms. The zero-order chi connectivity index (χ0) is 16.1. The fourth-order valence-electron chi connectivity index (χ4n) is 3.03. The number of amides is 1. The Balaban J connectivity index is 1.69. The Hall–Kier alpha value is -2.35. The van der Waals surface area contributed by atoms with E-state index in [1.54, 1.807) is 28.0 Å². The van der Waals surface area contributed by atoms with Crippen LogP contribution in [0.5, 0.6) is 0 Å². The van der Waals surface area contributed by atoms with Gasteiger partial charge in [-0.2, -0.15) is 5.10 Å². The lowest BCUT2D eigenvalue weighted by molar-refractivity contribution is 0.0732. The van der Waals surface area contributed by atoms with Crippen molar-refractivity contribution in [2.45, 2.75) is 13.3 Å². The Labute approximate surface area is 141 Å². The van der Waals surface area contributed by atoms with Crippen LogP contribution < -0.4 is 5.01 Å². The van der Waals surface area contributed by atoms with Crippen LogP contribution in [0.15, 0.2) is 29.1 Å². The van der Waals surface area contributed by atoms with Gasteiger partial charge in [-0.25, -0.2) is 14.5 Å². The monoisotopic (exact) mass is 374 g/mol. The van der Waals surface area contributed by atoms with Gasteiger partial charge in [-0.1, -0.05) is 0 Å². The standard InChI is InChI=1S/C15H15BrN6O/c1-9-6-17-11-3-4-22(20(2)14(9)11)15(23)12-5-13-18-7-10(16)8-21(13)19-12/h5-8,17H,3-4H2,1-2H3. The first-order valence-corrected chi connectivity index (χ1v) is 8.07. The molecule has 1 aliphatic heterocycles. The SMILES string of the molecule is Cc1c[nH]c2c1N(C)N(C(=O)c1cc3ncc(Br)cn3n1)CC2. The van der Waals surface area contributed by atoms with Crippen molar-refractivity contribution in [2.75, 3.05) is 18.6 Å². The van der Waals surface area contributed by atoms with E-state index in [9.17, 15) is 4.79 Å². The molecule has 118 valence electrons. The van der Waals surface area contributed by atoms with E-state index >= 15 is 0 Å². The molecule has 0 unspecified atom stereocenters. The highest BCUT2D eigenvalue weighted by atomic mass is 79.9. The number of anilines is 1. The van der Waals surface area contributed by atoms with E-state index in [4.69, 9.17) is 0 Å². The summed E-state index contributed by atoms with van der Waals surface area (Å²) >= 11 is 3.36. The van der Waals surface area contributed by atoms with Crippen LogP contribution in [0.3, 0.4) is 0 Å². The molecule has 0 radical (unpaired) electrons. The molecule has 0 saturated carbocycles. The number of hydrazine groups is 1. The summed E-state index contributed by atoms with van der Waals surface area (Å²) in [4.78, 5) is 20.4. The van der Waals surface area contributed by atoms with E-state index in [1.165, 1.54) is 0 Å². The molecule has 0 atom stereocenters.